The first-order valence-electron chi connectivity index (χ1n) is 6.11. The van der Waals surface area contributed by atoms with E-state index in [4.69, 9.17) is 5.73 Å². The van der Waals surface area contributed by atoms with Crippen molar-refractivity contribution in [3.05, 3.63) is 23.7 Å². The van der Waals surface area contributed by atoms with Crippen LogP contribution in [0.15, 0.2) is 17.2 Å². The minimum atomic E-state index is -3.71. The maximum atomic E-state index is 12.4. The number of nitrogens with one attached hydrogen (secondary N) is 1. The number of hydrogen-bond donors (Lipinski definition) is 2. The number of aromatic nitrogens is 4. The highest BCUT2D eigenvalue weighted by Crippen LogP contribution is 2.21. The standard InChI is InChI=1S/C11H18N6O2S/c1-8-11(9(2)17(13-8)7-5-12)20(18,19)15-10-4-6-16(3)14-10/h4,6H,5,7,12H2,1-3H3,(H,14,15). The highest BCUT2D eigenvalue weighted by Gasteiger charge is 2.25. The van der Waals surface area contributed by atoms with E-state index in [2.05, 4.69) is 14.9 Å². The number of hydrogen-bond acceptors (Lipinski definition) is 5. The van der Waals surface area contributed by atoms with Crippen LogP contribution in [0.1, 0.15) is 11.4 Å². The SMILES string of the molecule is Cc1nn(CCN)c(C)c1S(=O)(=O)Nc1ccn(C)n1. The van der Waals surface area contributed by atoms with Gasteiger partial charge in [-0.15, -0.1) is 0 Å². The number of rotatable bonds is 5. The number of aryl methyl sites for hydroxylation is 2. The summed E-state index contributed by atoms with van der Waals surface area (Å²) >= 11 is 0. The van der Waals surface area contributed by atoms with Gasteiger partial charge in [0.05, 0.1) is 17.9 Å². The molecule has 2 rings (SSSR count). The summed E-state index contributed by atoms with van der Waals surface area (Å²) in [5, 5.41) is 8.21. The Bertz CT molecular complexity index is 715. The van der Waals surface area contributed by atoms with E-state index in [1.165, 1.54) is 4.68 Å². The van der Waals surface area contributed by atoms with E-state index >= 15 is 0 Å². The van der Waals surface area contributed by atoms with Gasteiger partial charge < -0.3 is 5.73 Å². The number of anilines is 1. The van der Waals surface area contributed by atoms with E-state index < -0.39 is 10.0 Å². The molecule has 2 aromatic rings. The van der Waals surface area contributed by atoms with Gasteiger partial charge in [-0.2, -0.15) is 10.2 Å². The summed E-state index contributed by atoms with van der Waals surface area (Å²) in [7, 11) is -1.99. The van der Waals surface area contributed by atoms with E-state index in [0.717, 1.165) is 0 Å². The zero-order valence-corrected chi connectivity index (χ0v) is 12.5. The minimum Gasteiger partial charge on any atom is -0.329 e. The Morgan fingerprint density at radius 1 is 1.35 bits per heavy atom. The van der Waals surface area contributed by atoms with Crippen LogP contribution in [-0.4, -0.2) is 34.5 Å². The predicted molar refractivity (Wildman–Crippen MR) is 74.8 cm³/mol. The summed E-state index contributed by atoms with van der Waals surface area (Å²) < 4.78 is 30.4. The molecule has 2 aromatic heterocycles. The van der Waals surface area contributed by atoms with Crippen LogP contribution in [0.5, 0.6) is 0 Å². The Kier molecular flexibility index (Phi) is 3.82. The summed E-state index contributed by atoms with van der Waals surface area (Å²) in [6.07, 6.45) is 1.66. The molecule has 0 aliphatic carbocycles. The lowest BCUT2D eigenvalue weighted by molar-refractivity contribution is 0.593. The van der Waals surface area contributed by atoms with Crippen LogP contribution >= 0.6 is 0 Å². The van der Waals surface area contributed by atoms with Gasteiger partial charge in [-0.1, -0.05) is 0 Å². The molecular weight excluding hydrogens is 280 g/mol. The molecule has 0 aromatic carbocycles. The smallest absolute Gasteiger partial charge is 0.266 e. The molecule has 0 bridgehead atoms. The molecule has 0 fully saturated rings. The van der Waals surface area contributed by atoms with Crippen molar-refractivity contribution in [3.63, 3.8) is 0 Å². The van der Waals surface area contributed by atoms with Crippen molar-refractivity contribution in [1.29, 1.82) is 0 Å². The third kappa shape index (κ3) is 2.68. The summed E-state index contributed by atoms with van der Waals surface area (Å²) in [5.41, 5.74) is 6.50. The average molecular weight is 298 g/mol. The van der Waals surface area contributed by atoms with Crippen LogP contribution in [0.2, 0.25) is 0 Å². The fraction of sp³-hybridized carbons (Fsp3) is 0.455. The summed E-state index contributed by atoms with van der Waals surface area (Å²) in [5.74, 6) is 0.276. The van der Waals surface area contributed by atoms with Crippen LogP contribution in [0.4, 0.5) is 5.82 Å². The fourth-order valence-electron chi connectivity index (χ4n) is 2.07. The molecule has 0 aliphatic heterocycles. The molecule has 3 N–H and O–H groups in total. The molecule has 0 saturated heterocycles. The van der Waals surface area contributed by atoms with Crippen LogP contribution in [0, 0.1) is 13.8 Å². The summed E-state index contributed by atoms with van der Waals surface area (Å²) in [4.78, 5) is 0.177. The van der Waals surface area contributed by atoms with E-state index in [1.807, 2.05) is 0 Å². The third-order valence-electron chi connectivity index (χ3n) is 2.88. The van der Waals surface area contributed by atoms with Gasteiger partial charge in [-0.25, -0.2) is 8.42 Å². The zero-order valence-electron chi connectivity index (χ0n) is 11.7. The molecule has 2 heterocycles. The largest absolute Gasteiger partial charge is 0.329 e. The molecular formula is C11H18N6O2S. The first-order valence-corrected chi connectivity index (χ1v) is 7.60. The normalized spacial score (nSPS) is 11.8. The van der Waals surface area contributed by atoms with Crippen molar-refractivity contribution >= 4 is 15.8 Å². The van der Waals surface area contributed by atoms with Gasteiger partial charge >= 0.3 is 0 Å². The second-order valence-corrected chi connectivity index (χ2v) is 6.11. The predicted octanol–water partition coefficient (Wildman–Crippen LogP) is -0.00706. The van der Waals surface area contributed by atoms with E-state index in [0.29, 0.717) is 24.5 Å². The maximum absolute atomic E-state index is 12.4. The second kappa shape index (κ2) is 5.25. The van der Waals surface area contributed by atoms with Gasteiger partial charge in [0.2, 0.25) is 0 Å². The zero-order chi connectivity index (χ0) is 14.9. The molecule has 0 aliphatic rings. The van der Waals surface area contributed by atoms with Gasteiger partial charge in [0.15, 0.2) is 5.82 Å². The molecule has 20 heavy (non-hydrogen) atoms. The van der Waals surface area contributed by atoms with E-state index in [1.54, 1.807) is 37.8 Å². The lowest BCUT2D eigenvalue weighted by atomic mass is 10.4. The lowest BCUT2D eigenvalue weighted by Gasteiger charge is -2.06. The monoisotopic (exact) mass is 298 g/mol. The third-order valence-corrected chi connectivity index (χ3v) is 4.48. The topological polar surface area (TPSA) is 108 Å². The van der Waals surface area contributed by atoms with Crippen molar-refractivity contribution in [1.82, 2.24) is 19.6 Å². The quantitative estimate of drug-likeness (QED) is 0.807. The first-order chi connectivity index (χ1) is 9.35. The van der Waals surface area contributed by atoms with Crippen molar-refractivity contribution in [2.45, 2.75) is 25.3 Å². The summed E-state index contributed by atoms with van der Waals surface area (Å²) in [6.45, 7) is 4.25. The average Bonchev–Trinajstić information content (AvgIpc) is 2.84. The van der Waals surface area contributed by atoms with Crippen molar-refractivity contribution in [2.24, 2.45) is 12.8 Å². The van der Waals surface area contributed by atoms with Gasteiger partial charge in [0.25, 0.3) is 10.0 Å². The van der Waals surface area contributed by atoms with Crippen LogP contribution < -0.4 is 10.5 Å². The van der Waals surface area contributed by atoms with E-state index in [9.17, 15) is 8.42 Å². The molecule has 0 amide bonds. The number of nitrogens with two attached hydrogens (primary N) is 1. The Hall–Kier alpha value is -1.87. The molecule has 0 spiro atoms. The van der Waals surface area contributed by atoms with Gasteiger partial charge in [-0.3, -0.25) is 14.1 Å². The summed E-state index contributed by atoms with van der Waals surface area (Å²) in [6, 6.07) is 1.59. The molecule has 0 unspecified atom stereocenters. The number of sulfonamides is 1. The van der Waals surface area contributed by atoms with Gasteiger partial charge in [-0.05, 0) is 13.8 Å². The highest BCUT2D eigenvalue weighted by atomic mass is 32.2. The highest BCUT2D eigenvalue weighted by molar-refractivity contribution is 7.92. The van der Waals surface area contributed by atoms with Crippen LogP contribution in [0.3, 0.4) is 0 Å². The maximum Gasteiger partial charge on any atom is 0.266 e. The van der Waals surface area contributed by atoms with Gasteiger partial charge in [0, 0.05) is 25.9 Å². The van der Waals surface area contributed by atoms with E-state index in [-0.39, 0.29) is 10.7 Å². The Morgan fingerprint density at radius 3 is 2.60 bits per heavy atom. The molecule has 110 valence electrons. The van der Waals surface area contributed by atoms with Crippen LogP contribution in [-0.2, 0) is 23.6 Å². The molecule has 0 atom stereocenters. The molecule has 8 nitrogen and oxygen atoms in total. The Balaban J connectivity index is 2.39. The lowest BCUT2D eigenvalue weighted by Crippen LogP contribution is -2.16. The Morgan fingerprint density at radius 2 is 2.05 bits per heavy atom. The first kappa shape index (κ1) is 14.5. The van der Waals surface area contributed by atoms with Crippen molar-refractivity contribution < 1.29 is 8.42 Å². The molecule has 0 radical (unpaired) electrons. The minimum absolute atomic E-state index is 0.177. The van der Waals surface area contributed by atoms with Crippen molar-refractivity contribution in [2.75, 3.05) is 11.3 Å². The number of nitrogens with zero attached hydrogens (tertiary/aromatic N) is 4. The fourth-order valence-corrected chi connectivity index (χ4v) is 3.48. The van der Waals surface area contributed by atoms with Gasteiger partial charge in [0.1, 0.15) is 4.90 Å². The second-order valence-electron chi connectivity index (χ2n) is 4.49. The molecule has 0 saturated carbocycles. The van der Waals surface area contributed by atoms with Crippen molar-refractivity contribution in [3.8, 4) is 0 Å². The Labute approximate surface area is 117 Å². The van der Waals surface area contributed by atoms with Crippen LogP contribution in [0.25, 0.3) is 0 Å². The molecule has 9 heteroatoms.